The summed E-state index contributed by atoms with van der Waals surface area (Å²) in [5.74, 6) is 1.98. The molecule has 1 heteroatoms. The Hall–Kier alpha value is -0.0400. The molecule has 0 aromatic carbocycles. The van der Waals surface area contributed by atoms with Gasteiger partial charge >= 0.3 is 0 Å². The minimum atomic E-state index is -0.000000000000000222. The molecule has 0 aromatic rings. The molecule has 0 spiro atoms. The monoisotopic (exact) mass is 128 g/mol. The molecule has 1 nitrogen and oxygen atoms in total. The van der Waals surface area contributed by atoms with E-state index in [1.165, 1.54) is 0 Å². The fraction of sp³-hybridized carbons (Fsp3) is 1.00. The molecule has 0 bridgehead atoms. The fourth-order valence-electron chi connectivity index (χ4n) is 1.98. The first-order valence-corrected chi connectivity index (χ1v) is 3.81. The SMILES string of the molecule is CC(C)C1C(C)CC1O. The molecule has 0 aromatic heterocycles. The molecule has 1 N–H and O–H groups in total. The summed E-state index contributed by atoms with van der Waals surface area (Å²) in [6.07, 6.45) is 1.02. The van der Waals surface area contributed by atoms with E-state index < -0.39 is 0 Å². The Morgan fingerprint density at radius 3 is 2.11 bits per heavy atom. The standard InChI is InChI=1S/C8H16O/c1-5(2)8-6(3)4-7(8)9/h5-9H,4H2,1-3H3. The Kier molecular flexibility index (Phi) is 1.80. The molecular formula is C8H16O. The zero-order chi connectivity index (χ0) is 7.02. The smallest absolute Gasteiger partial charge is 0.0576 e. The van der Waals surface area contributed by atoms with E-state index in [4.69, 9.17) is 0 Å². The van der Waals surface area contributed by atoms with Crippen LogP contribution in [0, 0.1) is 17.8 Å². The zero-order valence-corrected chi connectivity index (χ0v) is 6.46. The molecule has 1 fully saturated rings. The Bertz CT molecular complexity index is 84.0. The van der Waals surface area contributed by atoms with E-state index in [0.717, 1.165) is 12.3 Å². The summed E-state index contributed by atoms with van der Waals surface area (Å²) in [5.41, 5.74) is 0. The van der Waals surface area contributed by atoms with Crippen molar-refractivity contribution in [1.29, 1.82) is 0 Å². The summed E-state index contributed by atoms with van der Waals surface area (Å²) in [4.78, 5) is 0. The van der Waals surface area contributed by atoms with Gasteiger partial charge in [0.25, 0.3) is 0 Å². The van der Waals surface area contributed by atoms with Crippen molar-refractivity contribution in [3.8, 4) is 0 Å². The summed E-state index contributed by atoms with van der Waals surface area (Å²) in [6, 6.07) is 0. The minimum Gasteiger partial charge on any atom is -0.393 e. The summed E-state index contributed by atoms with van der Waals surface area (Å²) < 4.78 is 0. The second kappa shape index (κ2) is 2.30. The van der Waals surface area contributed by atoms with Crippen LogP contribution in [-0.2, 0) is 0 Å². The molecule has 54 valence electrons. The van der Waals surface area contributed by atoms with E-state index in [9.17, 15) is 5.11 Å². The minimum absolute atomic E-state index is 0.000000000000000222. The van der Waals surface area contributed by atoms with Crippen molar-refractivity contribution >= 4 is 0 Å². The predicted octanol–water partition coefficient (Wildman–Crippen LogP) is 1.66. The number of aliphatic hydroxyl groups excluding tert-OH is 1. The van der Waals surface area contributed by atoms with E-state index in [2.05, 4.69) is 20.8 Å². The Balaban J connectivity index is 2.39. The van der Waals surface area contributed by atoms with E-state index >= 15 is 0 Å². The average Bonchev–Trinajstić information content (AvgIpc) is 1.62. The third kappa shape index (κ3) is 1.11. The van der Waals surface area contributed by atoms with E-state index in [-0.39, 0.29) is 6.10 Å². The molecule has 1 saturated carbocycles. The van der Waals surface area contributed by atoms with Crippen molar-refractivity contribution in [1.82, 2.24) is 0 Å². The van der Waals surface area contributed by atoms with Gasteiger partial charge in [-0.25, -0.2) is 0 Å². The van der Waals surface area contributed by atoms with Crippen LogP contribution in [0.3, 0.4) is 0 Å². The van der Waals surface area contributed by atoms with Gasteiger partial charge in [-0.05, 0) is 24.2 Å². The van der Waals surface area contributed by atoms with Crippen LogP contribution in [-0.4, -0.2) is 11.2 Å². The maximum absolute atomic E-state index is 9.25. The van der Waals surface area contributed by atoms with Crippen LogP contribution < -0.4 is 0 Å². The van der Waals surface area contributed by atoms with Gasteiger partial charge in [0.15, 0.2) is 0 Å². The lowest BCUT2D eigenvalue weighted by molar-refractivity contribution is -0.0495. The highest BCUT2D eigenvalue weighted by molar-refractivity contribution is 4.87. The molecule has 1 aliphatic rings. The quantitative estimate of drug-likeness (QED) is 0.569. The van der Waals surface area contributed by atoms with Crippen LogP contribution in [0.4, 0.5) is 0 Å². The number of hydrogen-bond acceptors (Lipinski definition) is 1. The molecule has 0 saturated heterocycles. The maximum atomic E-state index is 9.25. The van der Waals surface area contributed by atoms with Gasteiger partial charge in [0.2, 0.25) is 0 Å². The molecule has 3 unspecified atom stereocenters. The molecule has 9 heavy (non-hydrogen) atoms. The molecule has 0 radical (unpaired) electrons. The van der Waals surface area contributed by atoms with Gasteiger partial charge < -0.3 is 5.11 Å². The van der Waals surface area contributed by atoms with Crippen molar-refractivity contribution in [2.24, 2.45) is 17.8 Å². The molecular weight excluding hydrogens is 112 g/mol. The second-order valence-corrected chi connectivity index (χ2v) is 3.60. The van der Waals surface area contributed by atoms with E-state index in [1.54, 1.807) is 0 Å². The van der Waals surface area contributed by atoms with Crippen LogP contribution in [0.1, 0.15) is 27.2 Å². The molecule has 0 amide bonds. The van der Waals surface area contributed by atoms with E-state index in [0.29, 0.717) is 11.8 Å². The first kappa shape index (κ1) is 7.07. The van der Waals surface area contributed by atoms with Gasteiger partial charge in [0.05, 0.1) is 6.10 Å². The van der Waals surface area contributed by atoms with Crippen LogP contribution >= 0.6 is 0 Å². The summed E-state index contributed by atoms with van der Waals surface area (Å²) in [6.45, 7) is 6.59. The maximum Gasteiger partial charge on any atom is 0.0576 e. The number of rotatable bonds is 1. The highest BCUT2D eigenvalue weighted by Crippen LogP contribution is 2.39. The lowest BCUT2D eigenvalue weighted by Gasteiger charge is -2.42. The van der Waals surface area contributed by atoms with Crippen LogP contribution in [0.15, 0.2) is 0 Å². The van der Waals surface area contributed by atoms with Crippen molar-refractivity contribution in [2.45, 2.75) is 33.3 Å². The number of aliphatic hydroxyl groups is 1. The molecule has 0 heterocycles. The van der Waals surface area contributed by atoms with Gasteiger partial charge in [-0.15, -0.1) is 0 Å². The first-order chi connectivity index (χ1) is 4.13. The van der Waals surface area contributed by atoms with E-state index in [1.807, 2.05) is 0 Å². The highest BCUT2D eigenvalue weighted by atomic mass is 16.3. The van der Waals surface area contributed by atoms with Gasteiger partial charge in [-0.1, -0.05) is 20.8 Å². The molecule has 1 rings (SSSR count). The Labute approximate surface area is 57.1 Å². The third-order valence-corrected chi connectivity index (χ3v) is 2.48. The summed E-state index contributed by atoms with van der Waals surface area (Å²) in [5, 5.41) is 9.25. The van der Waals surface area contributed by atoms with Crippen molar-refractivity contribution in [3.63, 3.8) is 0 Å². The fourth-order valence-corrected chi connectivity index (χ4v) is 1.98. The summed E-state index contributed by atoms with van der Waals surface area (Å²) >= 11 is 0. The summed E-state index contributed by atoms with van der Waals surface area (Å²) in [7, 11) is 0. The lowest BCUT2D eigenvalue weighted by atomic mass is 9.67. The van der Waals surface area contributed by atoms with Crippen molar-refractivity contribution in [3.05, 3.63) is 0 Å². The van der Waals surface area contributed by atoms with Crippen molar-refractivity contribution < 1.29 is 5.11 Å². The van der Waals surface area contributed by atoms with Gasteiger partial charge in [0, 0.05) is 0 Å². The average molecular weight is 128 g/mol. The van der Waals surface area contributed by atoms with Crippen LogP contribution in [0.25, 0.3) is 0 Å². The second-order valence-electron chi connectivity index (χ2n) is 3.60. The van der Waals surface area contributed by atoms with Gasteiger partial charge in [-0.2, -0.15) is 0 Å². The van der Waals surface area contributed by atoms with Crippen LogP contribution in [0.5, 0.6) is 0 Å². The third-order valence-electron chi connectivity index (χ3n) is 2.48. The Morgan fingerprint density at radius 2 is 2.00 bits per heavy atom. The normalized spacial score (nSPS) is 43.0. The molecule has 3 atom stereocenters. The van der Waals surface area contributed by atoms with Crippen molar-refractivity contribution in [2.75, 3.05) is 0 Å². The van der Waals surface area contributed by atoms with Gasteiger partial charge in [0.1, 0.15) is 0 Å². The highest BCUT2D eigenvalue weighted by Gasteiger charge is 2.38. The van der Waals surface area contributed by atoms with Crippen LogP contribution in [0.2, 0.25) is 0 Å². The topological polar surface area (TPSA) is 20.2 Å². The number of hydrogen-bond donors (Lipinski definition) is 1. The molecule has 0 aliphatic heterocycles. The first-order valence-electron chi connectivity index (χ1n) is 3.81. The zero-order valence-electron chi connectivity index (χ0n) is 6.46. The molecule has 1 aliphatic carbocycles. The lowest BCUT2D eigenvalue weighted by Crippen LogP contribution is -2.42. The van der Waals surface area contributed by atoms with Gasteiger partial charge in [-0.3, -0.25) is 0 Å². The Morgan fingerprint density at radius 1 is 1.44 bits per heavy atom. The largest absolute Gasteiger partial charge is 0.393 e. The predicted molar refractivity (Wildman–Crippen MR) is 38.1 cm³/mol.